The minimum atomic E-state index is -0.479. The number of hydrogen-bond acceptors (Lipinski definition) is 8. The standard InChI is InChI=1S/C19H19N5O4S/c1-3-27-17-10-9-14(11-16(17)24(25)26)12-20-23-18(21-22-19(23)29-2)13-28-15-7-5-4-6-8-15/h4-12H,3,13H2,1-2H3/b20-12-. The maximum Gasteiger partial charge on any atom is 0.311 e. The highest BCUT2D eigenvalue weighted by Crippen LogP contribution is 2.27. The van der Waals surface area contributed by atoms with E-state index in [9.17, 15) is 10.1 Å². The van der Waals surface area contributed by atoms with Crippen LogP contribution in [0.15, 0.2) is 58.8 Å². The topological polar surface area (TPSA) is 105 Å². The Morgan fingerprint density at radius 2 is 2.00 bits per heavy atom. The first-order valence-electron chi connectivity index (χ1n) is 8.74. The molecule has 0 N–H and O–H groups in total. The molecule has 0 radical (unpaired) electrons. The minimum absolute atomic E-state index is 0.114. The van der Waals surface area contributed by atoms with Crippen LogP contribution in [0.5, 0.6) is 11.5 Å². The average molecular weight is 413 g/mol. The fourth-order valence-corrected chi connectivity index (χ4v) is 2.90. The first-order valence-corrected chi connectivity index (χ1v) is 9.96. The van der Waals surface area contributed by atoms with Crippen LogP contribution in [-0.4, -0.2) is 38.9 Å². The number of hydrogen-bond donors (Lipinski definition) is 0. The second-order valence-electron chi connectivity index (χ2n) is 5.68. The van der Waals surface area contributed by atoms with E-state index in [0.717, 1.165) is 0 Å². The highest BCUT2D eigenvalue weighted by molar-refractivity contribution is 7.98. The number of benzene rings is 2. The predicted octanol–water partition coefficient (Wildman–Crippen LogP) is 3.77. The SMILES string of the molecule is CCOc1ccc(/C=N\n2c(COc3ccccc3)nnc2SC)cc1[N+](=O)[O-]. The van der Waals surface area contributed by atoms with E-state index in [1.807, 2.05) is 36.6 Å². The Hall–Kier alpha value is -3.40. The maximum atomic E-state index is 11.3. The van der Waals surface area contributed by atoms with Gasteiger partial charge in [-0.2, -0.15) is 9.78 Å². The van der Waals surface area contributed by atoms with Crippen molar-refractivity contribution in [2.45, 2.75) is 18.7 Å². The van der Waals surface area contributed by atoms with Gasteiger partial charge in [-0.05, 0) is 37.4 Å². The summed E-state index contributed by atoms with van der Waals surface area (Å²) >= 11 is 1.38. The number of nitrogens with zero attached hydrogens (tertiary/aromatic N) is 5. The number of rotatable bonds is 9. The molecule has 10 heteroatoms. The van der Waals surface area contributed by atoms with Gasteiger partial charge in [0.2, 0.25) is 5.16 Å². The molecule has 0 saturated heterocycles. The molecule has 0 spiro atoms. The van der Waals surface area contributed by atoms with Gasteiger partial charge in [0.15, 0.2) is 11.6 Å². The quantitative estimate of drug-likeness (QED) is 0.228. The highest BCUT2D eigenvalue weighted by Gasteiger charge is 2.16. The van der Waals surface area contributed by atoms with E-state index in [1.165, 1.54) is 24.0 Å². The first-order chi connectivity index (χ1) is 14.1. The summed E-state index contributed by atoms with van der Waals surface area (Å²) in [5.74, 6) is 1.44. The minimum Gasteiger partial charge on any atom is -0.487 e. The summed E-state index contributed by atoms with van der Waals surface area (Å²) in [4.78, 5) is 10.8. The Balaban J connectivity index is 1.83. The van der Waals surface area contributed by atoms with E-state index in [1.54, 1.807) is 23.7 Å². The molecule has 29 heavy (non-hydrogen) atoms. The Kier molecular flexibility index (Phi) is 6.80. The van der Waals surface area contributed by atoms with Gasteiger partial charge in [-0.3, -0.25) is 10.1 Å². The van der Waals surface area contributed by atoms with Gasteiger partial charge in [0, 0.05) is 11.6 Å². The molecule has 0 aliphatic carbocycles. The van der Waals surface area contributed by atoms with Crippen molar-refractivity contribution >= 4 is 23.7 Å². The number of nitro groups is 1. The molecule has 0 aliphatic heterocycles. The molecule has 0 aliphatic rings. The van der Waals surface area contributed by atoms with Crippen molar-refractivity contribution in [2.75, 3.05) is 12.9 Å². The largest absolute Gasteiger partial charge is 0.487 e. The molecule has 0 unspecified atom stereocenters. The van der Waals surface area contributed by atoms with E-state index < -0.39 is 4.92 Å². The molecular formula is C19H19N5O4S. The zero-order chi connectivity index (χ0) is 20.6. The smallest absolute Gasteiger partial charge is 0.311 e. The van der Waals surface area contributed by atoms with Crippen LogP contribution in [0, 0.1) is 10.1 Å². The fourth-order valence-electron chi connectivity index (χ4n) is 2.45. The lowest BCUT2D eigenvalue weighted by Crippen LogP contribution is -2.05. The molecule has 1 heterocycles. The van der Waals surface area contributed by atoms with Crippen LogP contribution in [0.25, 0.3) is 0 Å². The van der Waals surface area contributed by atoms with Gasteiger partial charge in [-0.15, -0.1) is 10.2 Å². The van der Waals surface area contributed by atoms with E-state index in [0.29, 0.717) is 28.9 Å². The molecule has 9 nitrogen and oxygen atoms in total. The summed E-state index contributed by atoms with van der Waals surface area (Å²) in [6, 6.07) is 14.0. The highest BCUT2D eigenvalue weighted by atomic mass is 32.2. The second kappa shape index (κ2) is 9.69. The zero-order valence-corrected chi connectivity index (χ0v) is 16.7. The molecule has 0 fully saturated rings. The number of ether oxygens (including phenoxy) is 2. The van der Waals surface area contributed by atoms with Crippen LogP contribution >= 0.6 is 11.8 Å². The van der Waals surface area contributed by atoms with Crippen molar-refractivity contribution in [3.63, 3.8) is 0 Å². The van der Waals surface area contributed by atoms with Crippen molar-refractivity contribution in [3.05, 3.63) is 70.0 Å². The molecule has 0 amide bonds. The summed E-state index contributed by atoms with van der Waals surface area (Å²) in [6.07, 6.45) is 3.37. The van der Waals surface area contributed by atoms with E-state index in [-0.39, 0.29) is 18.0 Å². The molecular weight excluding hydrogens is 394 g/mol. The molecule has 0 atom stereocenters. The summed E-state index contributed by atoms with van der Waals surface area (Å²) in [5, 5.41) is 24.5. The van der Waals surface area contributed by atoms with Gasteiger partial charge in [0.1, 0.15) is 12.4 Å². The van der Waals surface area contributed by atoms with Crippen LogP contribution in [0.1, 0.15) is 18.3 Å². The fraction of sp³-hybridized carbons (Fsp3) is 0.211. The third-order valence-corrected chi connectivity index (χ3v) is 4.39. The number of thioether (sulfide) groups is 1. The summed E-state index contributed by atoms with van der Waals surface area (Å²) in [6.45, 7) is 2.29. The first kappa shape index (κ1) is 20.3. The predicted molar refractivity (Wildman–Crippen MR) is 110 cm³/mol. The molecule has 1 aromatic heterocycles. The Labute approximate surface area is 171 Å². The molecule has 150 valence electrons. The van der Waals surface area contributed by atoms with Crippen molar-refractivity contribution < 1.29 is 14.4 Å². The van der Waals surface area contributed by atoms with Crippen LogP contribution in [0.3, 0.4) is 0 Å². The zero-order valence-electron chi connectivity index (χ0n) is 15.9. The average Bonchev–Trinajstić information content (AvgIpc) is 3.14. The lowest BCUT2D eigenvalue weighted by Gasteiger charge is -2.06. The summed E-state index contributed by atoms with van der Waals surface area (Å²) in [7, 11) is 0. The Bertz CT molecular complexity index is 1010. The normalized spacial score (nSPS) is 11.0. The lowest BCUT2D eigenvalue weighted by atomic mass is 10.2. The van der Waals surface area contributed by atoms with Crippen LogP contribution < -0.4 is 9.47 Å². The number of nitro benzene ring substituents is 1. The van der Waals surface area contributed by atoms with Gasteiger partial charge in [0.25, 0.3) is 0 Å². The van der Waals surface area contributed by atoms with Crippen LogP contribution in [-0.2, 0) is 6.61 Å². The molecule has 0 saturated carbocycles. The monoisotopic (exact) mass is 413 g/mol. The molecule has 2 aromatic carbocycles. The maximum absolute atomic E-state index is 11.3. The summed E-state index contributed by atoms with van der Waals surface area (Å²) in [5.41, 5.74) is 0.438. The van der Waals surface area contributed by atoms with Gasteiger partial charge < -0.3 is 9.47 Å². The van der Waals surface area contributed by atoms with Crippen molar-refractivity contribution in [2.24, 2.45) is 5.10 Å². The van der Waals surface area contributed by atoms with E-state index in [4.69, 9.17) is 9.47 Å². The molecule has 3 rings (SSSR count). The van der Waals surface area contributed by atoms with Crippen molar-refractivity contribution in [3.8, 4) is 11.5 Å². The third-order valence-electron chi connectivity index (χ3n) is 3.77. The molecule has 3 aromatic rings. The van der Waals surface area contributed by atoms with Gasteiger partial charge in [-0.25, -0.2) is 0 Å². The van der Waals surface area contributed by atoms with Gasteiger partial charge in [-0.1, -0.05) is 30.0 Å². The van der Waals surface area contributed by atoms with Crippen LogP contribution in [0.4, 0.5) is 5.69 Å². The lowest BCUT2D eigenvalue weighted by molar-refractivity contribution is -0.385. The van der Waals surface area contributed by atoms with Gasteiger partial charge in [0.05, 0.1) is 17.7 Å². The number of aromatic nitrogens is 3. The van der Waals surface area contributed by atoms with Gasteiger partial charge >= 0.3 is 5.69 Å². The van der Waals surface area contributed by atoms with Crippen LogP contribution in [0.2, 0.25) is 0 Å². The second-order valence-corrected chi connectivity index (χ2v) is 6.45. The van der Waals surface area contributed by atoms with E-state index in [2.05, 4.69) is 15.3 Å². The van der Waals surface area contributed by atoms with Crippen molar-refractivity contribution in [1.29, 1.82) is 0 Å². The number of para-hydroxylation sites is 1. The summed E-state index contributed by atoms with van der Waals surface area (Å²) < 4.78 is 12.6. The Morgan fingerprint density at radius 3 is 2.69 bits per heavy atom. The van der Waals surface area contributed by atoms with Crippen molar-refractivity contribution in [1.82, 2.24) is 14.9 Å². The third kappa shape index (κ3) is 5.11. The Morgan fingerprint density at radius 1 is 1.21 bits per heavy atom. The van der Waals surface area contributed by atoms with E-state index >= 15 is 0 Å². The molecule has 0 bridgehead atoms.